The number of nitrogens with zero attached hydrogens (tertiary/aromatic N) is 5. The summed E-state index contributed by atoms with van der Waals surface area (Å²) in [6, 6.07) is 21.8. The molecule has 2 aromatic carbocycles. The fourth-order valence-electron chi connectivity index (χ4n) is 4.09. The quantitative estimate of drug-likeness (QED) is 0.381. The second-order valence-corrected chi connectivity index (χ2v) is 9.09. The Kier molecular flexibility index (Phi) is 6.86. The van der Waals surface area contributed by atoms with E-state index in [1.165, 1.54) is 36.7 Å². The summed E-state index contributed by atoms with van der Waals surface area (Å²) in [5.74, 6) is 0.836. The van der Waals surface area contributed by atoms with Crippen molar-refractivity contribution in [3.63, 3.8) is 0 Å². The fourth-order valence-corrected chi connectivity index (χ4v) is 4.84. The van der Waals surface area contributed by atoms with Crippen LogP contribution in [0.15, 0.2) is 84.3 Å². The molecule has 34 heavy (non-hydrogen) atoms. The number of carbonyl (C=O) groups excluding carboxylic acids is 1. The molecule has 1 fully saturated rings. The number of amides is 1. The predicted molar refractivity (Wildman–Crippen MR) is 136 cm³/mol. The third kappa shape index (κ3) is 5.12. The van der Waals surface area contributed by atoms with Crippen molar-refractivity contribution in [2.24, 2.45) is 0 Å². The number of piperidine rings is 1. The molecule has 0 bridgehead atoms. The van der Waals surface area contributed by atoms with Crippen LogP contribution in [0.3, 0.4) is 0 Å². The minimum atomic E-state index is -0.0822. The van der Waals surface area contributed by atoms with Crippen molar-refractivity contribution in [1.29, 1.82) is 0 Å². The lowest BCUT2D eigenvalue weighted by atomic mass is 10.1. The summed E-state index contributed by atoms with van der Waals surface area (Å²) in [7, 11) is 0. The van der Waals surface area contributed by atoms with Gasteiger partial charge in [0.15, 0.2) is 11.0 Å². The summed E-state index contributed by atoms with van der Waals surface area (Å²) in [5.41, 5.74) is 3.81. The van der Waals surface area contributed by atoms with Crippen LogP contribution in [0.4, 0.5) is 11.4 Å². The zero-order chi connectivity index (χ0) is 23.2. The Hall–Kier alpha value is -3.65. The molecule has 0 radical (unpaired) electrons. The number of aromatic nitrogens is 4. The van der Waals surface area contributed by atoms with E-state index in [0.29, 0.717) is 11.0 Å². The van der Waals surface area contributed by atoms with E-state index >= 15 is 0 Å². The molecule has 1 N–H and O–H groups in total. The molecule has 5 rings (SSSR count). The number of nitrogens with one attached hydrogen (secondary N) is 1. The Morgan fingerprint density at radius 1 is 0.882 bits per heavy atom. The number of anilines is 2. The molecule has 4 aromatic rings. The average Bonchev–Trinajstić information content (AvgIpc) is 3.33. The third-order valence-electron chi connectivity index (χ3n) is 5.77. The highest BCUT2D eigenvalue weighted by molar-refractivity contribution is 7.99. The molecule has 0 atom stereocenters. The van der Waals surface area contributed by atoms with Gasteiger partial charge in [0.2, 0.25) is 5.91 Å². The van der Waals surface area contributed by atoms with E-state index in [9.17, 15) is 4.79 Å². The van der Waals surface area contributed by atoms with Crippen molar-refractivity contribution >= 4 is 29.0 Å². The highest BCUT2D eigenvalue weighted by atomic mass is 32.2. The number of hydrogen-bond acceptors (Lipinski definition) is 6. The first-order chi connectivity index (χ1) is 16.8. The number of para-hydroxylation sites is 1. The van der Waals surface area contributed by atoms with Gasteiger partial charge in [-0.2, -0.15) is 0 Å². The Bertz CT molecular complexity index is 1220. The maximum absolute atomic E-state index is 12.7. The minimum Gasteiger partial charge on any atom is -0.372 e. The second kappa shape index (κ2) is 10.5. The van der Waals surface area contributed by atoms with Crippen LogP contribution >= 0.6 is 11.8 Å². The van der Waals surface area contributed by atoms with Gasteiger partial charge in [-0.05, 0) is 67.8 Å². The van der Waals surface area contributed by atoms with E-state index in [-0.39, 0.29) is 11.7 Å². The molecule has 0 aliphatic carbocycles. The lowest BCUT2D eigenvalue weighted by Crippen LogP contribution is -2.29. The lowest BCUT2D eigenvalue weighted by Gasteiger charge is -2.28. The highest BCUT2D eigenvalue weighted by Gasteiger charge is 2.17. The van der Waals surface area contributed by atoms with E-state index < -0.39 is 0 Å². The fraction of sp³-hybridized carbons (Fsp3) is 0.231. The van der Waals surface area contributed by atoms with E-state index in [0.717, 1.165) is 30.0 Å². The summed E-state index contributed by atoms with van der Waals surface area (Å²) in [4.78, 5) is 19.3. The van der Waals surface area contributed by atoms with Crippen LogP contribution < -0.4 is 10.2 Å². The SMILES string of the molecule is O=C(CSc1nnc(-c2cccnc2)n1-c1ccccc1)Nc1ccc(N2CCCCC2)cc1. The standard InChI is InChI=1S/C26H26N6OS/c33-24(28-21-11-13-22(14-12-21)31-16-5-2-6-17-31)19-34-26-30-29-25(20-8-7-15-27-18-20)32(26)23-9-3-1-4-10-23/h1,3-4,7-15,18H,2,5-6,16-17,19H2,(H,28,33). The Morgan fingerprint density at radius 2 is 1.68 bits per heavy atom. The topological polar surface area (TPSA) is 75.9 Å². The van der Waals surface area contributed by atoms with Gasteiger partial charge in [-0.15, -0.1) is 10.2 Å². The van der Waals surface area contributed by atoms with Gasteiger partial charge < -0.3 is 10.2 Å². The van der Waals surface area contributed by atoms with Crippen LogP contribution in [0.1, 0.15) is 19.3 Å². The van der Waals surface area contributed by atoms with E-state index in [4.69, 9.17) is 0 Å². The van der Waals surface area contributed by atoms with E-state index in [1.54, 1.807) is 12.4 Å². The number of thioether (sulfide) groups is 1. The van der Waals surface area contributed by atoms with Crippen molar-refractivity contribution in [1.82, 2.24) is 19.7 Å². The molecule has 8 heteroatoms. The smallest absolute Gasteiger partial charge is 0.234 e. The van der Waals surface area contributed by atoms with Crippen LogP contribution in [-0.2, 0) is 4.79 Å². The summed E-state index contributed by atoms with van der Waals surface area (Å²) < 4.78 is 1.96. The number of hydrogen-bond donors (Lipinski definition) is 1. The normalized spacial score (nSPS) is 13.6. The number of rotatable bonds is 7. The minimum absolute atomic E-state index is 0.0822. The number of pyridine rings is 1. The van der Waals surface area contributed by atoms with Crippen molar-refractivity contribution in [3.8, 4) is 17.1 Å². The van der Waals surface area contributed by atoms with Crippen LogP contribution in [-0.4, -0.2) is 44.5 Å². The molecule has 1 aliphatic heterocycles. The summed E-state index contributed by atoms with van der Waals surface area (Å²) in [6.07, 6.45) is 7.28. The zero-order valence-electron chi connectivity index (χ0n) is 18.8. The molecule has 1 aliphatic rings. The number of carbonyl (C=O) groups is 1. The summed E-state index contributed by atoms with van der Waals surface area (Å²) in [6.45, 7) is 2.21. The molecular weight excluding hydrogens is 444 g/mol. The summed E-state index contributed by atoms with van der Waals surface area (Å²) in [5, 5.41) is 12.4. The Labute approximate surface area is 203 Å². The average molecular weight is 471 g/mol. The Balaban J connectivity index is 1.27. The molecule has 7 nitrogen and oxygen atoms in total. The highest BCUT2D eigenvalue weighted by Crippen LogP contribution is 2.28. The predicted octanol–water partition coefficient (Wildman–Crippen LogP) is 5.05. The van der Waals surface area contributed by atoms with Gasteiger partial charge in [0.1, 0.15) is 0 Å². The summed E-state index contributed by atoms with van der Waals surface area (Å²) >= 11 is 1.36. The van der Waals surface area contributed by atoms with Gasteiger partial charge in [-0.25, -0.2) is 0 Å². The molecule has 1 amide bonds. The zero-order valence-corrected chi connectivity index (χ0v) is 19.6. The van der Waals surface area contributed by atoms with Gasteiger partial charge in [0.25, 0.3) is 0 Å². The van der Waals surface area contributed by atoms with Crippen molar-refractivity contribution < 1.29 is 4.79 Å². The van der Waals surface area contributed by atoms with Gasteiger partial charge >= 0.3 is 0 Å². The maximum atomic E-state index is 12.7. The first kappa shape index (κ1) is 22.2. The Morgan fingerprint density at radius 3 is 2.41 bits per heavy atom. The molecule has 0 saturated carbocycles. The lowest BCUT2D eigenvalue weighted by molar-refractivity contribution is -0.113. The van der Waals surface area contributed by atoms with Gasteiger partial charge in [-0.1, -0.05) is 30.0 Å². The molecule has 2 aromatic heterocycles. The second-order valence-electron chi connectivity index (χ2n) is 8.15. The molecule has 3 heterocycles. The number of benzene rings is 2. The van der Waals surface area contributed by atoms with Gasteiger partial charge in [0.05, 0.1) is 5.75 Å². The molecule has 0 unspecified atom stereocenters. The van der Waals surface area contributed by atoms with Gasteiger partial charge in [-0.3, -0.25) is 14.3 Å². The maximum Gasteiger partial charge on any atom is 0.234 e. The van der Waals surface area contributed by atoms with Crippen LogP contribution in [0.25, 0.3) is 17.1 Å². The monoisotopic (exact) mass is 470 g/mol. The largest absolute Gasteiger partial charge is 0.372 e. The van der Waals surface area contributed by atoms with Crippen molar-refractivity contribution in [2.45, 2.75) is 24.4 Å². The molecule has 0 spiro atoms. The van der Waals surface area contributed by atoms with Crippen molar-refractivity contribution in [3.05, 3.63) is 79.1 Å². The molecule has 1 saturated heterocycles. The first-order valence-corrected chi connectivity index (χ1v) is 12.5. The van der Waals surface area contributed by atoms with Crippen molar-refractivity contribution in [2.75, 3.05) is 29.1 Å². The van der Waals surface area contributed by atoms with Crippen LogP contribution in [0.2, 0.25) is 0 Å². The van der Waals surface area contributed by atoms with E-state index in [2.05, 4.69) is 37.5 Å². The van der Waals surface area contributed by atoms with Gasteiger partial charge in [0, 0.05) is 48.1 Å². The first-order valence-electron chi connectivity index (χ1n) is 11.5. The molecular formula is C26H26N6OS. The molecule has 172 valence electrons. The van der Waals surface area contributed by atoms with Crippen LogP contribution in [0, 0.1) is 0 Å². The third-order valence-corrected chi connectivity index (χ3v) is 6.70. The van der Waals surface area contributed by atoms with E-state index in [1.807, 2.05) is 59.2 Å². The van der Waals surface area contributed by atoms with Crippen LogP contribution in [0.5, 0.6) is 0 Å².